The van der Waals surface area contributed by atoms with Gasteiger partial charge in [-0.05, 0) is 55.7 Å². The van der Waals surface area contributed by atoms with E-state index in [4.69, 9.17) is 11.6 Å². The minimum atomic E-state index is -4.50. The first-order valence-electron chi connectivity index (χ1n) is 10.8. The molecule has 1 aromatic carbocycles. The first kappa shape index (κ1) is 22.2. The Morgan fingerprint density at radius 1 is 1.06 bits per heavy atom. The smallest absolute Gasteiger partial charge is 0.360 e. The Morgan fingerprint density at radius 2 is 1.77 bits per heavy atom. The highest BCUT2D eigenvalue weighted by molar-refractivity contribution is 6.31. The molecule has 4 rings (SSSR count). The zero-order valence-corrected chi connectivity index (χ0v) is 18.1. The van der Waals surface area contributed by atoms with Crippen molar-refractivity contribution in [3.8, 4) is 0 Å². The maximum Gasteiger partial charge on any atom is 0.417 e. The van der Waals surface area contributed by atoms with Crippen molar-refractivity contribution in [1.29, 1.82) is 0 Å². The molecule has 1 aromatic rings. The molecule has 2 aliphatic heterocycles. The first-order valence-corrected chi connectivity index (χ1v) is 11.2. The van der Waals surface area contributed by atoms with Crippen LogP contribution in [0.2, 0.25) is 5.02 Å². The number of carbonyl (C=O) groups excluding carboxylic acids is 2. The number of piperidine rings is 1. The number of rotatable bonds is 5. The number of hydrogen-bond donors (Lipinski definition) is 0. The minimum Gasteiger partial charge on any atom is -0.360 e. The number of benzene rings is 1. The van der Waals surface area contributed by atoms with Gasteiger partial charge in [0.05, 0.1) is 17.1 Å². The maximum absolute atomic E-state index is 12.9. The number of carbonyl (C=O) groups is 2. The van der Waals surface area contributed by atoms with Crippen LogP contribution in [0, 0.1) is 5.41 Å². The largest absolute Gasteiger partial charge is 0.417 e. The van der Waals surface area contributed by atoms with Crippen molar-refractivity contribution in [2.75, 3.05) is 44.2 Å². The number of anilines is 1. The standard InChI is InChI=1S/C22H27ClF3N3O2/c23-18-14-16(3-4-17(18)22(24,25)26)29-13-12-27(20(31)15-29)9-1-2-19(30)28-10-7-21(5-6-21)8-11-28/h3-4,14H,1-2,5-13,15H2. The summed E-state index contributed by atoms with van der Waals surface area (Å²) in [6.07, 6.45) is 1.41. The average molecular weight is 458 g/mol. The molecule has 31 heavy (non-hydrogen) atoms. The number of hydrogen-bond acceptors (Lipinski definition) is 3. The highest BCUT2D eigenvalue weighted by atomic mass is 35.5. The molecule has 0 unspecified atom stereocenters. The van der Waals surface area contributed by atoms with Crippen molar-refractivity contribution in [2.24, 2.45) is 5.41 Å². The second-order valence-corrected chi connectivity index (χ2v) is 9.36. The molecule has 0 N–H and O–H groups in total. The second kappa shape index (κ2) is 8.52. The Balaban J connectivity index is 1.23. The molecule has 0 radical (unpaired) electrons. The lowest BCUT2D eigenvalue weighted by molar-refractivity contribution is -0.137. The predicted molar refractivity (Wildman–Crippen MR) is 112 cm³/mol. The van der Waals surface area contributed by atoms with Crippen LogP contribution in [0.3, 0.4) is 0 Å². The van der Waals surface area contributed by atoms with Gasteiger partial charge in [0.1, 0.15) is 0 Å². The summed E-state index contributed by atoms with van der Waals surface area (Å²) in [5.41, 5.74) is 0.161. The van der Waals surface area contributed by atoms with E-state index in [-0.39, 0.29) is 23.4 Å². The predicted octanol–water partition coefficient (Wildman–Crippen LogP) is 4.19. The van der Waals surface area contributed by atoms with Crippen LogP contribution in [0.25, 0.3) is 0 Å². The quantitative estimate of drug-likeness (QED) is 0.666. The minimum absolute atomic E-state index is 0.0872. The van der Waals surface area contributed by atoms with Crippen molar-refractivity contribution in [2.45, 2.75) is 44.7 Å². The number of nitrogens with zero attached hydrogens (tertiary/aromatic N) is 3. The van der Waals surface area contributed by atoms with E-state index in [1.807, 2.05) is 4.90 Å². The van der Waals surface area contributed by atoms with Gasteiger partial charge in [0.25, 0.3) is 0 Å². The summed E-state index contributed by atoms with van der Waals surface area (Å²) in [5.74, 6) is 0.0735. The molecule has 2 saturated heterocycles. The van der Waals surface area contributed by atoms with Gasteiger partial charge < -0.3 is 14.7 Å². The van der Waals surface area contributed by atoms with Gasteiger partial charge in [0.15, 0.2) is 0 Å². The molecule has 2 amide bonds. The van der Waals surface area contributed by atoms with Crippen LogP contribution in [-0.2, 0) is 15.8 Å². The molecule has 5 nitrogen and oxygen atoms in total. The number of alkyl halides is 3. The molecular formula is C22H27ClF3N3O2. The molecule has 3 aliphatic rings. The van der Waals surface area contributed by atoms with Crippen molar-refractivity contribution in [1.82, 2.24) is 9.80 Å². The van der Waals surface area contributed by atoms with E-state index in [1.165, 1.54) is 25.0 Å². The average Bonchev–Trinajstić information content (AvgIpc) is 3.47. The van der Waals surface area contributed by atoms with Crippen molar-refractivity contribution in [3.05, 3.63) is 28.8 Å². The number of likely N-dealkylation sites (tertiary alicyclic amines) is 1. The third-order valence-corrected chi connectivity index (χ3v) is 7.21. The summed E-state index contributed by atoms with van der Waals surface area (Å²) in [6, 6.07) is 3.56. The van der Waals surface area contributed by atoms with Gasteiger partial charge in [0, 0.05) is 44.8 Å². The van der Waals surface area contributed by atoms with Crippen LogP contribution in [0.1, 0.15) is 44.1 Å². The van der Waals surface area contributed by atoms with Crippen LogP contribution in [0.4, 0.5) is 18.9 Å². The number of piperazine rings is 1. The molecule has 0 atom stereocenters. The molecule has 1 saturated carbocycles. The van der Waals surface area contributed by atoms with Gasteiger partial charge in [-0.25, -0.2) is 0 Å². The Hall–Kier alpha value is -1.96. The molecular weight excluding hydrogens is 431 g/mol. The lowest BCUT2D eigenvalue weighted by Crippen LogP contribution is -2.50. The molecule has 9 heteroatoms. The zero-order valence-electron chi connectivity index (χ0n) is 17.4. The van der Waals surface area contributed by atoms with Crippen molar-refractivity contribution in [3.63, 3.8) is 0 Å². The summed E-state index contributed by atoms with van der Waals surface area (Å²) >= 11 is 5.80. The normalized spacial score (nSPS) is 21.0. The topological polar surface area (TPSA) is 43.9 Å². The van der Waals surface area contributed by atoms with Crippen molar-refractivity contribution >= 4 is 29.1 Å². The summed E-state index contributed by atoms with van der Waals surface area (Å²) in [7, 11) is 0. The molecule has 0 bridgehead atoms. The van der Waals surface area contributed by atoms with Gasteiger partial charge in [0.2, 0.25) is 11.8 Å². The van der Waals surface area contributed by atoms with Crippen LogP contribution in [0.5, 0.6) is 0 Å². The summed E-state index contributed by atoms with van der Waals surface area (Å²) in [6.45, 7) is 3.29. The highest BCUT2D eigenvalue weighted by Crippen LogP contribution is 2.53. The molecule has 2 heterocycles. The van der Waals surface area contributed by atoms with E-state index in [0.29, 0.717) is 43.6 Å². The number of amides is 2. The molecule has 170 valence electrons. The summed E-state index contributed by atoms with van der Waals surface area (Å²) in [5, 5.41) is -0.372. The van der Waals surface area contributed by atoms with E-state index >= 15 is 0 Å². The maximum atomic E-state index is 12.9. The fourth-order valence-electron chi connectivity index (χ4n) is 4.58. The summed E-state index contributed by atoms with van der Waals surface area (Å²) < 4.78 is 38.6. The van der Waals surface area contributed by atoms with E-state index in [9.17, 15) is 22.8 Å². The summed E-state index contributed by atoms with van der Waals surface area (Å²) in [4.78, 5) is 30.4. The van der Waals surface area contributed by atoms with Crippen LogP contribution in [0.15, 0.2) is 18.2 Å². The van der Waals surface area contributed by atoms with Gasteiger partial charge in [-0.3, -0.25) is 9.59 Å². The third-order valence-electron chi connectivity index (χ3n) is 6.89. The van der Waals surface area contributed by atoms with Gasteiger partial charge in [-0.2, -0.15) is 13.2 Å². The molecule has 1 aliphatic carbocycles. The van der Waals surface area contributed by atoms with E-state index in [1.54, 1.807) is 9.80 Å². The fourth-order valence-corrected chi connectivity index (χ4v) is 4.86. The van der Waals surface area contributed by atoms with Crippen LogP contribution < -0.4 is 4.90 Å². The Kier molecular flexibility index (Phi) is 6.12. The SMILES string of the molecule is O=C(CCCN1CCN(c2ccc(C(F)(F)F)c(Cl)c2)CC1=O)N1CCC2(CC1)CC2. The lowest BCUT2D eigenvalue weighted by Gasteiger charge is -2.36. The fraction of sp³-hybridized carbons (Fsp3) is 0.636. The van der Waals surface area contributed by atoms with E-state index in [2.05, 4.69) is 0 Å². The van der Waals surface area contributed by atoms with E-state index in [0.717, 1.165) is 32.0 Å². The Morgan fingerprint density at radius 3 is 2.35 bits per heavy atom. The van der Waals surface area contributed by atoms with Crippen molar-refractivity contribution < 1.29 is 22.8 Å². The van der Waals surface area contributed by atoms with Crippen LogP contribution in [-0.4, -0.2) is 60.9 Å². The highest BCUT2D eigenvalue weighted by Gasteiger charge is 2.45. The van der Waals surface area contributed by atoms with Crippen LogP contribution >= 0.6 is 11.6 Å². The van der Waals surface area contributed by atoms with Gasteiger partial charge >= 0.3 is 6.18 Å². The lowest BCUT2D eigenvalue weighted by atomic mass is 9.93. The third kappa shape index (κ3) is 5.10. The molecule has 3 fully saturated rings. The Labute approximate surface area is 185 Å². The Bertz CT molecular complexity index is 847. The monoisotopic (exact) mass is 457 g/mol. The molecule has 1 spiro atoms. The van der Waals surface area contributed by atoms with E-state index < -0.39 is 11.7 Å². The van der Waals surface area contributed by atoms with Gasteiger partial charge in [-0.15, -0.1) is 0 Å². The second-order valence-electron chi connectivity index (χ2n) is 8.95. The zero-order chi connectivity index (χ0) is 22.2. The first-order chi connectivity index (χ1) is 14.7. The number of halogens is 4. The van der Waals surface area contributed by atoms with Gasteiger partial charge in [-0.1, -0.05) is 11.6 Å². The molecule has 0 aromatic heterocycles.